The Hall–Kier alpha value is -0.830. The summed E-state index contributed by atoms with van der Waals surface area (Å²) in [7, 11) is 0. The van der Waals surface area contributed by atoms with Crippen LogP contribution in [0.4, 0.5) is 0 Å². The van der Waals surface area contributed by atoms with Gasteiger partial charge in [0.1, 0.15) is 0 Å². The molecular formula is C9H12ClNO2. The number of hydrogen-bond donors (Lipinski definition) is 0. The van der Waals surface area contributed by atoms with Crippen LogP contribution in [0.5, 0.6) is 0 Å². The van der Waals surface area contributed by atoms with E-state index in [0.29, 0.717) is 18.7 Å². The third-order valence-electron chi connectivity index (χ3n) is 1.92. The number of allylic oxidation sites excluding steroid dienone is 2. The molecular weight excluding hydrogens is 190 g/mol. The number of carbonyl (C=O) groups is 2. The van der Waals surface area contributed by atoms with E-state index in [2.05, 4.69) is 0 Å². The van der Waals surface area contributed by atoms with Crippen LogP contribution in [0.25, 0.3) is 0 Å². The van der Waals surface area contributed by atoms with Crippen LogP contribution in [0.3, 0.4) is 0 Å². The molecule has 3 nitrogen and oxygen atoms in total. The van der Waals surface area contributed by atoms with E-state index < -0.39 is 0 Å². The minimum Gasteiger partial charge on any atom is -0.315 e. The lowest BCUT2D eigenvalue weighted by Crippen LogP contribution is -2.23. The second kappa shape index (κ2) is 3.92. The molecule has 0 saturated carbocycles. The van der Waals surface area contributed by atoms with E-state index in [9.17, 15) is 9.59 Å². The van der Waals surface area contributed by atoms with Gasteiger partial charge in [-0.25, -0.2) is 0 Å². The molecule has 1 unspecified atom stereocenters. The number of amides is 1. The average Bonchev–Trinajstić information content (AvgIpc) is 2.28. The molecule has 1 saturated heterocycles. The second-order valence-electron chi connectivity index (χ2n) is 3.20. The Morgan fingerprint density at radius 2 is 2.23 bits per heavy atom. The van der Waals surface area contributed by atoms with Gasteiger partial charge in [0.2, 0.25) is 5.91 Å². The van der Waals surface area contributed by atoms with Crippen molar-refractivity contribution >= 4 is 23.3 Å². The number of likely N-dealkylation sites (tertiary alicyclic amines) is 1. The molecule has 0 bridgehead atoms. The highest BCUT2D eigenvalue weighted by Gasteiger charge is 2.28. The summed E-state index contributed by atoms with van der Waals surface area (Å²) in [4.78, 5) is 23.6. The Kier molecular flexibility index (Phi) is 3.09. The Balaban J connectivity index is 2.73. The highest BCUT2D eigenvalue weighted by Crippen LogP contribution is 2.20. The number of ketones is 1. The molecule has 0 spiro atoms. The molecule has 0 aromatic rings. The molecule has 1 atom stereocenters. The van der Waals surface area contributed by atoms with Gasteiger partial charge in [-0.05, 0) is 13.8 Å². The van der Waals surface area contributed by atoms with Gasteiger partial charge in [0.05, 0.1) is 5.38 Å². The minimum atomic E-state index is -0.122. The van der Waals surface area contributed by atoms with Crippen molar-refractivity contribution in [1.82, 2.24) is 4.90 Å². The van der Waals surface area contributed by atoms with Crippen LogP contribution in [-0.4, -0.2) is 28.5 Å². The molecule has 1 amide bonds. The monoisotopic (exact) mass is 201 g/mol. The maximum atomic E-state index is 11.3. The van der Waals surface area contributed by atoms with Gasteiger partial charge in [-0.2, -0.15) is 0 Å². The van der Waals surface area contributed by atoms with E-state index in [1.165, 1.54) is 13.0 Å². The zero-order valence-corrected chi connectivity index (χ0v) is 8.47. The first-order valence-corrected chi connectivity index (χ1v) is 4.57. The van der Waals surface area contributed by atoms with Crippen molar-refractivity contribution in [3.8, 4) is 0 Å². The largest absolute Gasteiger partial charge is 0.315 e. The molecule has 0 N–H and O–H groups in total. The van der Waals surface area contributed by atoms with Crippen molar-refractivity contribution in [2.45, 2.75) is 25.6 Å². The number of rotatable bonds is 2. The lowest BCUT2D eigenvalue weighted by molar-refractivity contribution is -0.126. The average molecular weight is 202 g/mol. The van der Waals surface area contributed by atoms with Gasteiger partial charge >= 0.3 is 0 Å². The van der Waals surface area contributed by atoms with Crippen LogP contribution in [0.15, 0.2) is 11.8 Å². The zero-order valence-electron chi connectivity index (χ0n) is 7.71. The molecule has 0 aromatic carbocycles. The molecule has 0 radical (unpaired) electrons. The van der Waals surface area contributed by atoms with E-state index >= 15 is 0 Å². The summed E-state index contributed by atoms with van der Waals surface area (Å²) in [5.41, 5.74) is 0.681. The van der Waals surface area contributed by atoms with E-state index in [1.807, 2.05) is 0 Å². The van der Waals surface area contributed by atoms with Gasteiger partial charge in [-0.1, -0.05) is 0 Å². The van der Waals surface area contributed by atoms with Crippen LogP contribution in [-0.2, 0) is 9.59 Å². The number of alkyl halides is 1. The van der Waals surface area contributed by atoms with Gasteiger partial charge in [0, 0.05) is 24.7 Å². The van der Waals surface area contributed by atoms with Crippen LogP contribution in [0.2, 0.25) is 0 Å². The fourth-order valence-electron chi connectivity index (χ4n) is 1.38. The fourth-order valence-corrected chi connectivity index (χ4v) is 1.65. The van der Waals surface area contributed by atoms with Gasteiger partial charge in [0.15, 0.2) is 5.78 Å². The molecule has 1 aliphatic heterocycles. The van der Waals surface area contributed by atoms with Crippen LogP contribution >= 0.6 is 11.6 Å². The van der Waals surface area contributed by atoms with E-state index in [4.69, 9.17) is 11.6 Å². The quantitative estimate of drug-likeness (QED) is 0.499. The summed E-state index contributed by atoms with van der Waals surface area (Å²) in [6, 6.07) is 0. The normalized spacial score (nSPS) is 23.9. The molecule has 13 heavy (non-hydrogen) atoms. The van der Waals surface area contributed by atoms with E-state index in [0.717, 1.165) is 0 Å². The van der Waals surface area contributed by atoms with E-state index in [1.54, 1.807) is 11.8 Å². The third-order valence-corrected chi connectivity index (χ3v) is 2.21. The van der Waals surface area contributed by atoms with Crippen molar-refractivity contribution in [1.29, 1.82) is 0 Å². The van der Waals surface area contributed by atoms with Crippen LogP contribution in [0.1, 0.15) is 20.3 Å². The topological polar surface area (TPSA) is 37.4 Å². The lowest BCUT2D eigenvalue weighted by Gasteiger charge is -2.15. The number of carbonyl (C=O) groups excluding carboxylic acids is 2. The van der Waals surface area contributed by atoms with Crippen molar-refractivity contribution in [2.75, 3.05) is 6.54 Å². The molecule has 1 rings (SSSR count). The first kappa shape index (κ1) is 10.3. The highest BCUT2D eigenvalue weighted by atomic mass is 35.5. The molecule has 1 aliphatic rings. The Morgan fingerprint density at radius 3 is 2.62 bits per heavy atom. The summed E-state index contributed by atoms with van der Waals surface area (Å²) < 4.78 is 0. The molecule has 4 heteroatoms. The fraction of sp³-hybridized carbons (Fsp3) is 0.556. The Bertz CT molecular complexity index is 273. The van der Waals surface area contributed by atoms with Crippen LogP contribution in [0, 0.1) is 0 Å². The third kappa shape index (κ3) is 2.56. The SMILES string of the molecule is CC(=O)C=C(C)N1CC(Cl)CC1=O. The number of halogens is 1. The number of nitrogens with zero attached hydrogens (tertiary/aromatic N) is 1. The summed E-state index contributed by atoms with van der Waals surface area (Å²) >= 11 is 5.81. The van der Waals surface area contributed by atoms with Crippen molar-refractivity contribution in [3.05, 3.63) is 11.8 Å². The summed E-state index contributed by atoms with van der Waals surface area (Å²) in [6.45, 7) is 3.71. The van der Waals surface area contributed by atoms with E-state index in [-0.39, 0.29) is 17.1 Å². The summed E-state index contributed by atoms with van der Waals surface area (Å²) in [6.07, 6.45) is 1.82. The maximum absolute atomic E-state index is 11.3. The molecule has 0 aliphatic carbocycles. The Morgan fingerprint density at radius 1 is 1.62 bits per heavy atom. The molecule has 1 heterocycles. The molecule has 72 valence electrons. The summed E-state index contributed by atoms with van der Waals surface area (Å²) in [5, 5.41) is -0.122. The van der Waals surface area contributed by atoms with Crippen molar-refractivity contribution in [2.24, 2.45) is 0 Å². The predicted octanol–water partition coefficient (Wildman–Crippen LogP) is 1.32. The smallest absolute Gasteiger partial charge is 0.228 e. The van der Waals surface area contributed by atoms with Crippen LogP contribution < -0.4 is 0 Å². The molecule has 1 fully saturated rings. The minimum absolute atomic E-state index is 0.00463. The van der Waals surface area contributed by atoms with Gasteiger partial charge in [0.25, 0.3) is 0 Å². The second-order valence-corrected chi connectivity index (χ2v) is 3.82. The standard InChI is InChI=1S/C9H12ClNO2/c1-6(3-7(2)12)11-5-8(10)4-9(11)13/h3,8H,4-5H2,1-2H3. The van der Waals surface area contributed by atoms with Gasteiger partial charge < -0.3 is 4.90 Å². The maximum Gasteiger partial charge on any atom is 0.228 e. The molecule has 0 aromatic heterocycles. The van der Waals surface area contributed by atoms with Crippen molar-refractivity contribution < 1.29 is 9.59 Å². The first-order chi connectivity index (χ1) is 6.00. The Labute approximate surface area is 82.3 Å². The number of hydrogen-bond acceptors (Lipinski definition) is 2. The lowest BCUT2D eigenvalue weighted by atomic mass is 10.3. The predicted molar refractivity (Wildman–Crippen MR) is 50.4 cm³/mol. The first-order valence-electron chi connectivity index (χ1n) is 4.14. The zero-order chi connectivity index (χ0) is 10.0. The van der Waals surface area contributed by atoms with Gasteiger partial charge in [-0.15, -0.1) is 11.6 Å². The highest BCUT2D eigenvalue weighted by molar-refractivity contribution is 6.22. The van der Waals surface area contributed by atoms with Crippen molar-refractivity contribution in [3.63, 3.8) is 0 Å². The summed E-state index contributed by atoms with van der Waals surface area (Å²) in [5.74, 6) is -0.0571. The van der Waals surface area contributed by atoms with Gasteiger partial charge in [-0.3, -0.25) is 9.59 Å².